The lowest BCUT2D eigenvalue weighted by atomic mass is 10.0. The highest BCUT2D eigenvalue weighted by atomic mass is 14.9. The smallest absolute Gasteiger partial charge is 0.132 e. The van der Waals surface area contributed by atoms with E-state index in [9.17, 15) is 0 Å². The van der Waals surface area contributed by atoms with Crippen LogP contribution in [0.5, 0.6) is 0 Å². The van der Waals surface area contributed by atoms with E-state index in [1.165, 1.54) is 93.3 Å². The first kappa shape index (κ1) is 54.7. The first-order valence-corrected chi connectivity index (χ1v) is 26.7. The Balaban J connectivity index is 0.000000119. The minimum absolute atomic E-state index is 0.496. The molecule has 77 heavy (non-hydrogen) atoms. The lowest BCUT2D eigenvalue weighted by molar-refractivity contribution is 0.628. The minimum Gasteiger partial charge on any atom is -0.398 e. The first-order chi connectivity index (χ1) is 37.0. The molecule has 6 aliphatic carbocycles. The third-order valence-electron chi connectivity index (χ3n) is 15.4. The van der Waals surface area contributed by atoms with Crippen LogP contribution >= 0.6 is 0 Å². The Labute approximate surface area is 454 Å². The van der Waals surface area contributed by atoms with Crippen LogP contribution in [-0.4, -0.2) is 34.5 Å². The van der Waals surface area contributed by atoms with Crippen molar-refractivity contribution in [3.8, 4) is 0 Å². The van der Waals surface area contributed by atoms with Gasteiger partial charge in [-0.3, -0.25) is 0 Å². The summed E-state index contributed by atoms with van der Waals surface area (Å²) in [5.41, 5.74) is 60.2. The average molecular weight is 1030 g/mol. The summed E-state index contributed by atoms with van der Waals surface area (Å²) < 4.78 is 2.02. The van der Waals surface area contributed by atoms with Gasteiger partial charge in [0.05, 0.1) is 5.52 Å². The molecule has 4 atom stereocenters. The van der Waals surface area contributed by atoms with Crippen molar-refractivity contribution in [2.24, 2.45) is 13.0 Å². The van der Waals surface area contributed by atoms with Crippen LogP contribution in [0.1, 0.15) is 139 Å². The topological polar surface area (TPSA) is 264 Å². The van der Waals surface area contributed by atoms with E-state index in [4.69, 9.17) is 40.1 Å². The SMILES string of the molecule is CC1=CCc2ccnc(N)c21.CC1=Cc2c(ccnc2N)C1.CC1C=Cc2c1ccnc2N.CC1CCc2c1ccnc2N.CC1CCc2ccnc(N)c21.CC1Cc2cccc(N)c2C1.Cn1ccc2c(N)nccc21. The van der Waals surface area contributed by atoms with E-state index in [2.05, 4.69) is 108 Å². The van der Waals surface area contributed by atoms with Crippen molar-refractivity contribution in [3.63, 3.8) is 0 Å². The summed E-state index contributed by atoms with van der Waals surface area (Å²) >= 11 is 0. The second-order valence-electron chi connectivity index (χ2n) is 21.1. The molecular formula is C63H76N14. The maximum atomic E-state index is 5.83. The van der Waals surface area contributed by atoms with Crippen LogP contribution in [0.25, 0.3) is 28.6 Å². The molecule has 0 fully saturated rings. The van der Waals surface area contributed by atoms with Gasteiger partial charge in [-0.2, -0.15) is 0 Å². The molecule has 0 saturated carbocycles. The Morgan fingerprint density at radius 3 is 1.84 bits per heavy atom. The number of aryl methyl sites for hydroxylation is 2. The molecule has 398 valence electrons. The number of rotatable bonds is 0. The van der Waals surface area contributed by atoms with Gasteiger partial charge in [0.25, 0.3) is 0 Å². The summed E-state index contributed by atoms with van der Waals surface area (Å²) in [6.07, 6.45) is 30.2. The molecule has 0 aliphatic heterocycles. The highest BCUT2D eigenvalue weighted by Crippen LogP contribution is 2.37. The zero-order valence-corrected chi connectivity index (χ0v) is 45.8. The largest absolute Gasteiger partial charge is 0.398 e. The van der Waals surface area contributed by atoms with Crippen molar-refractivity contribution in [2.45, 2.75) is 111 Å². The van der Waals surface area contributed by atoms with Crippen molar-refractivity contribution in [3.05, 3.63) is 189 Å². The Morgan fingerprint density at radius 1 is 0.545 bits per heavy atom. The number of benzene rings is 1. The van der Waals surface area contributed by atoms with Crippen LogP contribution in [0.15, 0.2) is 122 Å². The fourth-order valence-electron chi connectivity index (χ4n) is 11.1. The van der Waals surface area contributed by atoms with E-state index < -0.39 is 0 Å². The molecule has 8 aromatic rings. The van der Waals surface area contributed by atoms with E-state index in [0.29, 0.717) is 41.0 Å². The Morgan fingerprint density at radius 2 is 1.17 bits per heavy atom. The van der Waals surface area contributed by atoms with Gasteiger partial charge in [0.15, 0.2) is 0 Å². The van der Waals surface area contributed by atoms with Gasteiger partial charge in [-0.1, -0.05) is 69.7 Å². The van der Waals surface area contributed by atoms with Crippen LogP contribution in [-0.2, 0) is 45.6 Å². The first-order valence-electron chi connectivity index (χ1n) is 26.7. The molecule has 0 amide bonds. The van der Waals surface area contributed by atoms with Crippen molar-refractivity contribution in [2.75, 3.05) is 40.1 Å². The zero-order valence-electron chi connectivity index (χ0n) is 45.8. The summed E-state index contributed by atoms with van der Waals surface area (Å²) in [5.74, 6) is 6.58. The molecule has 0 bridgehead atoms. The van der Waals surface area contributed by atoms with Gasteiger partial charge < -0.3 is 44.7 Å². The maximum absolute atomic E-state index is 5.83. The summed E-state index contributed by atoms with van der Waals surface area (Å²) in [6, 6.07) is 20.4. The standard InChI is InChI=1S/C10H13N.C9H10N2.C9H12N2.C9H10N2.C9H12N2.C9H10N2.C8H9N3/c1-7-5-8-3-2-4-10(11)9(8)6-7;1-6-4-7-2-3-11-9(10)8(7)5-6;2*1-6-2-3-8-7(6)4-5-11-9(8)10;2*1-6-2-3-7-4-5-11-9(10)8(6)7;1-11-5-3-6-7(11)2-4-10-8(6)9/h2-4,7H,5-6,11H2,1H3;2-3,5H,4H2,1H3,(H2,10,11);4-6H,2-3H2,1H3,(H2,10,11);2-6H,1H3,(H2,10,11);4-6H,2-3H2,1H3,(H2,10,11);2,4-5H,3H2,1H3,(H2,10,11);2-5H,1H3,(H2,9,10). The van der Waals surface area contributed by atoms with Crippen LogP contribution in [0.3, 0.4) is 0 Å². The maximum Gasteiger partial charge on any atom is 0.132 e. The number of allylic oxidation sites excluding steroid dienone is 4. The molecule has 14 rings (SSSR count). The van der Waals surface area contributed by atoms with Gasteiger partial charge in [-0.15, -0.1) is 0 Å². The van der Waals surface area contributed by atoms with Crippen molar-refractivity contribution >= 4 is 69.2 Å². The molecule has 6 aliphatic rings. The minimum atomic E-state index is 0.496. The fourth-order valence-corrected chi connectivity index (χ4v) is 11.1. The van der Waals surface area contributed by atoms with Crippen LogP contribution in [0, 0.1) is 5.92 Å². The Hall–Kier alpha value is -8.52. The second kappa shape index (κ2) is 24.4. The van der Waals surface area contributed by atoms with Gasteiger partial charge in [0.1, 0.15) is 34.9 Å². The number of anilines is 7. The average Bonchev–Trinajstić information content (AvgIpc) is 4.31. The number of nitrogens with zero attached hydrogens (tertiary/aromatic N) is 7. The van der Waals surface area contributed by atoms with Crippen LogP contribution in [0.2, 0.25) is 0 Å². The highest BCUT2D eigenvalue weighted by Gasteiger charge is 2.23. The number of pyridine rings is 6. The fraction of sp³-hybridized carbons (Fsp3) is 0.302. The third kappa shape index (κ3) is 12.8. The van der Waals surface area contributed by atoms with Crippen molar-refractivity contribution < 1.29 is 0 Å². The van der Waals surface area contributed by atoms with Gasteiger partial charge in [0.2, 0.25) is 0 Å². The molecular weight excluding hydrogens is 953 g/mol. The summed E-state index contributed by atoms with van der Waals surface area (Å²) in [6.45, 7) is 13.1. The lowest BCUT2D eigenvalue weighted by Crippen LogP contribution is -1.98. The molecule has 7 heterocycles. The molecule has 0 spiro atoms. The molecule has 14 N–H and O–H groups in total. The molecule has 0 saturated heterocycles. The molecule has 1 aromatic carbocycles. The summed E-state index contributed by atoms with van der Waals surface area (Å²) in [7, 11) is 1.99. The van der Waals surface area contributed by atoms with E-state index in [0.717, 1.165) is 70.1 Å². The zero-order chi connectivity index (χ0) is 54.9. The second-order valence-corrected chi connectivity index (χ2v) is 21.1. The normalized spacial score (nSPS) is 17.9. The summed E-state index contributed by atoms with van der Waals surface area (Å²) in [5, 5.41) is 1.02. The van der Waals surface area contributed by atoms with E-state index >= 15 is 0 Å². The molecule has 14 nitrogen and oxygen atoms in total. The number of nitrogens with two attached hydrogens (primary N) is 7. The Kier molecular flexibility index (Phi) is 17.4. The Bertz CT molecular complexity index is 3460. The van der Waals surface area contributed by atoms with E-state index in [-0.39, 0.29) is 0 Å². The van der Waals surface area contributed by atoms with Gasteiger partial charge in [-0.05, 0) is 182 Å². The molecule has 0 radical (unpaired) electrons. The van der Waals surface area contributed by atoms with Crippen LogP contribution < -0.4 is 40.1 Å². The van der Waals surface area contributed by atoms with Crippen molar-refractivity contribution in [1.82, 2.24) is 34.5 Å². The van der Waals surface area contributed by atoms with Gasteiger partial charge in [0, 0.05) is 89.7 Å². The van der Waals surface area contributed by atoms with E-state index in [1.54, 1.807) is 37.2 Å². The number of fused-ring (bicyclic) bond motifs is 7. The van der Waals surface area contributed by atoms with Crippen molar-refractivity contribution in [1.29, 1.82) is 0 Å². The predicted molar refractivity (Wildman–Crippen MR) is 321 cm³/mol. The lowest BCUT2D eigenvalue weighted by Gasteiger charge is -2.05. The number of hydrogen-bond donors (Lipinski definition) is 7. The number of nitrogen functional groups attached to an aromatic ring is 7. The van der Waals surface area contributed by atoms with Gasteiger partial charge in [-0.25, -0.2) is 29.9 Å². The molecule has 14 heteroatoms. The van der Waals surface area contributed by atoms with Crippen LogP contribution in [0.4, 0.5) is 40.6 Å². The number of hydrogen-bond acceptors (Lipinski definition) is 13. The van der Waals surface area contributed by atoms with E-state index in [1.807, 2.05) is 66.4 Å². The summed E-state index contributed by atoms with van der Waals surface area (Å²) in [4.78, 5) is 24.2. The third-order valence-corrected chi connectivity index (χ3v) is 15.4. The molecule has 4 unspecified atom stereocenters. The molecule has 7 aromatic heterocycles. The quantitative estimate of drug-likeness (QED) is 0.0698. The number of aromatic nitrogens is 7. The highest BCUT2D eigenvalue weighted by molar-refractivity contribution is 5.89. The predicted octanol–water partition coefficient (Wildman–Crippen LogP) is 11.6. The monoisotopic (exact) mass is 1030 g/mol. The van der Waals surface area contributed by atoms with Gasteiger partial charge >= 0.3 is 0 Å².